The molecule has 142 valence electrons. The number of likely N-dealkylation sites (N-methyl/N-ethyl adjacent to an activating group) is 1. The zero-order chi connectivity index (χ0) is 19.2. The van der Waals surface area contributed by atoms with E-state index in [1.807, 2.05) is 67.2 Å². The number of rotatable bonds is 8. The van der Waals surface area contributed by atoms with Crippen molar-refractivity contribution in [2.45, 2.75) is 19.0 Å². The highest BCUT2D eigenvalue weighted by Gasteiger charge is 2.15. The van der Waals surface area contributed by atoms with Gasteiger partial charge in [-0.25, -0.2) is 4.98 Å². The van der Waals surface area contributed by atoms with Crippen LogP contribution in [-0.4, -0.2) is 48.1 Å². The van der Waals surface area contributed by atoms with Crippen LogP contribution in [0.4, 0.5) is 0 Å². The number of nitrogens with one attached hydrogen (secondary N) is 1. The van der Waals surface area contributed by atoms with E-state index < -0.39 is 0 Å². The predicted molar refractivity (Wildman–Crippen MR) is 107 cm³/mol. The van der Waals surface area contributed by atoms with Crippen LogP contribution in [0.2, 0.25) is 0 Å². The molecule has 1 N–H and O–H groups in total. The number of para-hydroxylation sites is 2. The number of benzene rings is 2. The summed E-state index contributed by atoms with van der Waals surface area (Å²) < 4.78 is 7.23. The fraction of sp³-hybridized carbons (Fsp3) is 0.333. The maximum Gasteiger partial charge on any atom is 0.221 e. The monoisotopic (exact) mass is 366 g/mol. The van der Waals surface area contributed by atoms with Gasteiger partial charge in [0.05, 0.1) is 30.5 Å². The molecule has 1 atom stereocenters. The van der Waals surface area contributed by atoms with E-state index in [0.29, 0.717) is 19.5 Å². The van der Waals surface area contributed by atoms with Crippen LogP contribution in [0.15, 0.2) is 54.9 Å². The zero-order valence-corrected chi connectivity index (χ0v) is 16.1. The van der Waals surface area contributed by atoms with Gasteiger partial charge in [0.25, 0.3) is 0 Å². The average molecular weight is 366 g/mol. The highest BCUT2D eigenvalue weighted by molar-refractivity contribution is 5.77. The van der Waals surface area contributed by atoms with Gasteiger partial charge in [-0.1, -0.05) is 24.3 Å². The lowest BCUT2D eigenvalue weighted by Gasteiger charge is -2.25. The first-order valence-corrected chi connectivity index (χ1v) is 9.05. The summed E-state index contributed by atoms with van der Waals surface area (Å²) >= 11 is 0. The summed E-state index contributed by atoms with van der Waals surface area (Å²) in [6, 6.07) is 16.0. The van der Waals surface area contributed by atoms with Crippen LogP contribution in [0.25, 0.3) is 11.0 Å². The van der Waals surface area contributed by atoms with Crippen molar-refractivity contribution < 1.29 is 9.53 Å². The number of imidazole rings is 1. The average Bonchev–Trinajstić information content (AvgIpc) is 3.10. The second-order valence-electron chi connectivity index (χ2n) is 6.73. The molecule has 27 heavy (non-hydrogen) atoms. The Morgan fingerprint density at radius 3 is 2.63 bits per heavy atom. The van der Waals surface area contributed by atoms with Crippen molar-refractivity contribution in [2.24, 2.45) is 0 Å². The molecule has 1 heterocycles. The molecule has 0 aliphatic carbocycles. The molecular formula is C21H26N4O2. The van der Waals surface area contributed by atoms with Crippen molar-refractivity contribution in [3.63, 3.8) is 0 Å². The molecule has 1 unspecified atom stereocenters. The van der Waals surface area contributed by atoms with Gasteiger partial charge in [-0.2, -0.15) is 0 Å². The van der Waals surface area contributed by atoms with Crippen molar-refractivity contribution >= 4 is 16.9 Å². The third-order valence-corrected chi connectivity index (χ3v) is 4.72. The number of methoxy groups -OCH3 is 1. The molecule has 0 aliphatic rings. The van der Waals surface area contributed by atoms with E-state index in [1.54, 1.807) is 13.4 Å². The van der Waals surface area contributed by atoms with Gasteiger partial charge in [-0.05, 0) is 43.9 Å². The molecule has 0 bridgehead atoms. The molecule has 0 spiro atoms. The molecule has 0 saturated heterocycles. The number of amides is 1. The van der Waals surface area contributed by atoms with E-state index in [1.165, 1.54) is 0 Å². The molecule has 1 aromatic heterocycles. The second-order valence-corrected chi connectivity index (χ2v) is 6.73. The lowest BCUT2D eigenvalue weighted by Crippen LogP contribution is -2.34. The van der Waals surface area contributed by atoms with Crippen molar-refractivity contribution in [1.82, 2.24) is 19.8 Å². The highest BCUT2D eigenvalue weighted by atomic mass is 16.5. The first-order valence-electron chi connectivity index (χ1n) is 9.05. The Hall–Kier alpha value is -2.86. The smallest absolute Gasteiger partial charge is 0.221 e. The first kappa shape index (κ1) is 18.9. The Morgan fingerprint density at radius 2 is 1.93 bits per heavy atom. The summed E-state index contributed by atoms with van der Waals surface area (Å²) in [5.74, 6) is 0.862. The summed E-state index contributed by atoms with van der Waals surface area (Å²) in [7, 11) is 5.68. The number of fused-ring (bicyclic) bond motifs is 1. The maximum atomic E-state index is 12.3. The standard InChI is InChI=1S/C21H26N4O2/c1-24(2)20(16-8-10-17(27-3)11-9-16)14-22-21(26)12-13-25-15-23-18-6-4-5-7-19(18)25/h4-11,15,20H,12-14H2,1-3H3,(H,22,26). The van der Waals surface area contributed by atoms with Crippen LogP contribution in [0, 0.1) is 0 Å². The quantitative estimate of drug-likeness (QED) is 0.666. The van der Waals surface area contributed by atoms with Gasteiger partial charge in [0.1, 0.15) is 5.75 Å². The summed E-state index contributed by atoms with van der Waals surface area (Å²) in [5, 5.41) is 3.06. The second kappa shape index (κ2) is 8.68. The topological polar surface area (TPSA) is 59.4 Å². The highest BCUT2D eigenvalue weighted by Crippen LogP contribution is 2.20. The summed E-state index contributed by atoms with van der Waals surface area (Å²) in [6.45, 7) is 1.17. The van der Waals surface area contributed by atoms with Crippen LogP contribution >= 0.6 is 0 Å². The van der Waals surface area contributed by atoms with Crippen molar-refractivity contribution in [2.75, 3.05) is 27.7 Å². The van der Waals surface area contributed by atoms with Crippen LogP contribution in [-0.2, 0) is 11.3 Å². The van der Waals surface area contributed by atoms with Crippen LogP contribution in [0.3, 0.4) is 0 Å². The Balaban J connectivity index is 1.56. The van der Waals surface area contributed by atoms with Gasteiger partial charge in [0.2, 0.25) is 5.91 Å². The summed E-state index contributed by atoms with van der Waals surface area (Å²) in [5.41, 5.74) is 3.14. The minimum Gasteiger partial charge on any atom is -0.497 e. The minimum atomic E-state index is 0.0353. The van der Waals surface area contributed by atoms with Crippen molar-refractivity contribution in [3.8, 4) is 5.75 Å². The van der Waals surface area contributed by atoms with E-state index in [0.717, 1.165) is 22.3 Å². The third kappa shape index (κ3) is 4.65. The van der Waals surface area contributed by atoms with Gasteiger partial charge in [0, 0.05) is 19.5 Å². The lowest BCUT2D eigenvalue weighted by molar-refractivity contribution is -0.121. The third-order valence-electron chi connectivity index (χ3n) is 4.72. The largest absolute Gasteiger partial charge is 0.497 e. The number of hydrogen-bond donors (Lipinski definition) is 1. The summed E-state index contributed by atoms with van der Waals surface area (Å²) in [6.07, 6.45) is 2.21. The Labute approximate surface area is 159 Å². The Morgan fingerprint density at radius 1 is 1.19 bits per heavy atom. The molecule has 0 aliphatic heterocycles. The number of ether oxygens (including phenoxy) is 1. The molecule has 3 aromatic rings. The van der Waals surface area contributed by atoms with Gasteiger partial charge in [0.15, 0.2) is 0 Å². The number of nitrogens with zero attached hydrogens (tertiary/aromatic N) is 3. The van der Waals surface area contributed by atoms with E-state index in [9.17, 15) is 4.79 Å². The van der Waals surface area contributed by atoms with Crippen molar-refractivity contribution in [1.29, 1.82) is 0 Å². The van der Waals surface area contributed by atoms with E-state index in [2.05, 4.69) is 15.2 Å². The maximum absolute atomic E-state index is 12.3. The molecule has 6 nitrogen and oxygen atoms in total. The SMILES string of the molecule is COc1ccc(C(CNC(=O)CCn2cnc3ccccc32)N(C)C)cc1. The Bertz CT molecular complexity index is 887. The molecule has 0 radical (unpaired) electrons. The molecule has 3 rings (SSSR count). The van der Waals surface area contributed by atoms with Gasteiger partial charge >= 0.3 is 0 Å². The molecule has 0 fully saturated rings. The lowest BCUT2D eigenvalue weighted by atomic mass is 10.1. The van der Waals surface area contributed by atoms with Crippen LogP contribution in [0.1, 0.15) is 18.0 Å². The fourth-order valence-electron chi connectivity index (χ4n) is 3.13. The molecule has 2 aromatic carbocycles. The normalized spacial score (nSPS) is 12.3. The van der Waals surface area contributed by atoms with Gasteiger partial charge in [-0.3, -0.25) is 4.79 Å². The molecule has 0 saturated carbocycles. The molecule has 1 amide bonds. The summed E-state index contributed by atoms with van der Waals surface area (Å²) in [4.78, 5) is 18.8. The van der Waals surface area contributed by atoms with Crippen molar-refractivity contribution in [3.05, 3.63) is 60.4 Å². The number of hydrogen-bond acceptors (Lipinski definition) is 4. The van der Waals surface area contributed by atoms with Gasteiger partial charge < -0.3 is 19.5 Å². The van der Waals surface area contributed by atoms with E-state index in [-0.39, 0.29) is 11.9 Å². The number of aromatic nitrogens is 2. The fourth-order valence-corrected chi connectivity index (χ4v) is 3.13. The van der Waals surface area contributed by atoms with E-state index in [4.69, 9.17) is 4.74 Å². The Kier molecular flexibility index (Phi) is 6.08. The number of carbonyl (C=O) groups is 1. The van der Waals surface area contributed by atoms with Crippen LogP contribution < -0.4 is 10.1 Å². The van der Waals surface area contributed by atoms with Gasteiger partial charge in [-0.15, -0.1) is 0 Å². The molecular weight excluding hydrogens is 340 g/mol. The zero-order valence-electron chi connectivity index (χ0n) is 16.1. The first-order chi connectivity index (χ1) is 13.1. The minimum absolute atomic E-state index is 0.0353. The van der Waals surface area contributed by atoms with Crippen LogP contribution in [0.5, 0.6) is 5.75 Å². The number of carbonyl (C=O) groups excluding carboxylic acids is 1. The van der Waals surface area contributed by atoms with E-state index >= 15 is 0 Å². The predicted octanol–water partition coefficient (Wildman–Crippen LogP) is 2.85. The molecule has 6 heteroatoms. The number of aryl methyl sites for hydroxylation is 1.